The van der Waals surface area contributed by atoms with E-state index in [1.54, 1.807) is 23.5 Å². The van der Waals surface area contributed by atoms with Crippen LogP contribution in [0.3, 0.4) is 0 Å². The predicted molar refractivity (Wildman–Crippen MR) is 69.9 cm³/mol. The number of anilines is 1. The topological polar surface area (TPSA) is 68.8 Å². The summed E-state index contributed by atoms with van der Waals surface area (Å²) >= 11 is 0. The Morgan fingerprint density at radius 3 is 3.05 bits per heavy atom. The third-order valence-corrected chi connectivity index (χ3v) is 2.83. The minimum atomic E-state index is 0.603. The molecule has 0 radical (unpaired) electrons. The van der Waals surface area contributed by atoms with Crippen molar-refractivity contribution in [3.8, 4) is 5.82 Å². The lowest BCUT2D eigenvalue weighted by molar-refractivity contribution is 0.515. The highest BCUT2D eigenvalue weighted by Crippen LogP contribution is 2.18. The van der Waals surface area contributed by atoms with Crippen LogP contribution in [0.5, 0.6) is 0 Å². The van der Waals surface area contributed by atoms with E-state index in [9.17, 15) is 0 Å². The fourth-order valence-electron chi connectivity index (χ4n) is 1.80. The Labute approximate surface area is 110 Å². The van der Waals surface area contributed by atoms with Crippen molar-refractivity contribution in [2.24, 2.45) is 0 Å². The van der Waals surface area contributed by atoms with E-state index in [-0.39, 0.29) is 0 Å². The minimum absolute atomic E-state index is 0.603. The van der Waals surface area contributed by atoms with Gasteiger partial charge < -0.3 is 9.73 Å². The minimum Gasteiger partial charge on any atom is -0.467 e. The molecule has 0 saturated carbocycles. The zero-order valence-corrected chi connectivity index (χ0v) is 10.4. The van der Waals surface area contributed by atoms with Gasteiger partial charge in [-0.05, 0) is 30.7 Å². The van der Waals surface area contributed by atoms with Crippen LogP contribution in [0.4, 0.5) is 5.69 Å². The van der Waals surface area contributed by atoms with Crippen molar-refractivity contribution in [3.63, 3.8) is 0 Å². The van der Waals surface area contributed by atoms with Gasteiger partial charge in [0.2, 0.25) is 0 Å². The number of furan rings is 1. The summed E-state index contributed by atoms with van der Waals surface area (Å²) in [6.45, 7) is 2.62. The average Bonchev–Trinajstić information content (AvgIpc) is 3.08. The zero-order chi connectivity index (χ0) is 13.1. The van der Waals surface area contributed by atoms with Crippen molar-refractivity contribution < 1.29 is 4.42 Å². The van der Waals surface area contributed by atoms with Gasteiger partial charge in [-0.3, -0.25) is 0 Å². The lowest BCUT2D eigenvalue weighted by atomic mass is 10.3. The first kappa shape index (κ1) is 11.5. The van der Waals surface area contributed by atoms with Gasteiger partial charge in [-0.1, -0.05) is 0 Å². The molecule has 0 aliphatic carbocycles. The first-order valence-electron chi connectivity index (χ1n) is 5.91. The van der Waals surface area contributed by atoms with Crippen molar-refractivity contribution >= 4 is 5.69 Å². The Morgan fingerprint density at radius 2 is 2.32 bits per heavy atom. The summed E-state index contributed by atoms with van der Waals surface area (Å²) in [6.07, 6.45) is 6.51. The predicted octanol–water partition coefficient (Wildman–Crippen LogP) is 2.18. The lowest BCUT2D eigenvalue weighted by Gasteiger charge is -2.09. The normalized spacial score (nSPS) is 10.6. The number of aromatic nitrogens is 4. The van der Waals surface area contributed by atoms with Crippen LogP contribution >= 0.6 is 0 Å². The van der Waals surface area contributed by atoms with Crippen LogP contribution in [0.25, 0.3) is 5.82 Å². The Balaban J connectivity index is 1.84. The summed E-state index contributed by atoms with van der Waals surface area (Å²) < 4.78 is 7.02. The van der Waals surface area contributed by atoms with E-state index in [2.05, 4.69) is 20.4 Å². The van der Waals surface area contributed by atoms with Gasteiger partial charge in [0.15, 0.2) is 5.82 Å². The lowest BCUT2D eigenvalue weighted by Crippen LogP contribution is -2.06. The molecule has 0 amide bonds. The first-order chi connectivity index (χ1) is 9.34. The molecule has 0 aliphatic rings. The van der Waals surface area contributed by atoms with Crippen LogP contribution in [0.15, 0.2) is 47.7 Å². The van der Waals surface area contributed by atoms with Crippen LogP contribution in [-0.2, 0) is 6.54 Å². The van der Waals surface area contributed by atoms with Gasteiger partial charge in [-0.2, -0.15) is 5.10 Å². The molecule has 3 aromatic rings. The van der Waals surface area contributed by atoms with Crippen molar-refractivity contribution in [1.29, 1.82) is 0 Å². The van der Waals surface area contributed by atoms with Crippen LogP contribution in [0.2, 0.25) is 0 Å². The molecule has 3 aromatic heterocycles. The number of hydrogen-bond acceptors (Lipinski definition) is 5. The third-order valence-electron chi connectivity index (χ3n) is 2.83. The van der Waals surface area contributed by atoms with Gasteiger partial charge in [0.1, 0.15) is 18.4 Å². The summed E-state index contributed by atoms with van der Waals surface area (Å²) in [7, 11) is 0. The number of hydrogen-bond donors (Lipinski definition) is 1. The molecule has 0 fully saturated rings. The monoisotopic (exact) mass is 255 g/mol. The molecule has 0 spiro atoms. The molecular weight excluding hydrogens is 242 g/mol. The van der Waals surface area contributed by atoms with E-state index in [0.29, 0.717) is 12.4 Å². The van der Waals surface area contributed by atoms with Gasteiger partial charge in [-0.25, -0.2) is 14.6 Å². The smallest absolute Gasteiger partial charge is 0.178 e. The second kappa shape index (κ2) is 4.93. The maximum atomic E-state index is 5.40. The highest BCUT2D eigenvalue weighted by atomic mass is 16.3. The standard InChI is InChI=1S/C13H13N5O/c1-10-4-6-19-12(10)7-16-11-3-2-5-15-13(11)18-9-14-8-17-18/h2-6,8-9,16H,7H2,1H3. The molecule has 0 aliphatic heterocycles. The summed E-state index contributed by atoms with van der Waals surface area (Å²) in [6, 6.07) is 5.76. The van der Waals surface area contributed by atoms with Crippen molar-refractivity contribution in [1.82, 2.24) is 19.7 Å². The molecule has 96 valence electrons. The zero-order valence-electron chi connectivity index (χ0n) is 10.4. The molecular formula is C13H13N5O. The maximum absolute atomic E-state index is 5.40. The molecule has 19 heavy (non-hydrogen) atoms. The van der Waals surface area contributed by atoms with Gasteiger partial charge in [0.05, 0.1) is 18.5 Å². The summed E-state index contributed by atoms with van der Waals surface area (Å²) in [5.74, 6) is 1.62. The molecule has 1 N–H and O–H groups in total. The van der Waals surface area contributed by atoms with E-state index in [1.165, 1.54) is 6.33 Å². The highest BCUT2D eigenvalue weighted by Gasteiger charge is 2.07. The SMILES string of the molecule is Cc1ccoc1CNc1cccnc1-n1cncn1. The van der Waals surface area contributed by atoms with E-state index in [0.717, 1.165) is 17.0 Å². The molecule has 0 bridgehead atoms. The van der Waals surface area contributed by atoms with E-state index in [4.69, 9.17) is 4.42 Å². The summed E-state index contributed by atoms with van der Waals surface area (Å²) in [4.78, 5) is 8.24. The van der Waals surface area contributed by atoms with Crippen molar-refractivity contribution in [3.05, 3.63) is 54.6 Å². The molecule has 6 heteroatoms. The Hall–Kier alpha value is -2.63. The Bertz CT molecular complexity index is 659. The highest BCUT2D eigenvalue weighted by molar-refractivity contribution is 5.56. The molecule has 0 atom stereocenters. The van der Waals surface area contributed by atoms with Crippen LogP contribution < -0.4 is 5.32 Å². The van der Waals surface area contributed by atoms with Gasteiger partial charge in [-0.15, -0.1) is 0 Å². The molecule has 0 aromatic carbocycles. The van der Waals surface area contributed by atoms with E-state index < -0.39 is 0 Å². The number of pyridine rings is 1. The van der Waals surface area contributed by atoms with E-state index in [1.807, 2.05) is 25.1 Å². The maximum Gasteiger partial charge on any atom is 0.178 e. The number of rotatable bonds is 4. The summed E-state index contributed by atoms with van der Waals surface area (Å²) in [5.41, 5.74) is 2.00. The quantitative estimate of drug-likeness (QED) is 0.773. The molecule has 0 saturated heterocycles. The van der Waals surface area contributed by atoms with Gasteiger partial charge in [0, 0.05) is 6.20 Å². The Kier molecular flexibility index (Phi) is 2.97. The van der Waals surface area contributed by atoms with Crippen LogP contribution in [0, 0.1) is 6.92 Å². The molecule has 3 rings (SSSR count). The number of nitrogens with one attached hydrogen (secondary N) is 1. The fraction of sp³-hybridized carbons (Fsp3) is 0.154. The second-order valence-corrected chi connectivity index (χ2v) is 4.09. The van der Waals surface area contributed by atoms with Crippen LogP contribution in [0.1, 0.15) is 11.3 Å². The average molecular weight is 255 g/mol. The summed E-state index contributed by atoms with van der Waals surface area (Å²) in [5, 5.41) is 7.39. The van der Waals surface area contributed by atoms with Crippen LogP contribution in [-0.4, -0.2) is 19.7 Å². The molecule has 6 nitrogen and oxygen atoms in total. The van der Waals surface area contributed by atoms with E-state index >= 15 is 0 Å². The largest absolute Gasteiger partial charge is 0.467 e. The van der Waals surface area contributed by atoms with Gasteiger partial charge in [0.25, 0.3) is 0 Å². The number of nitrogens with zero attached hydrogens (tertiary/aromatic N) is 4. The number of aryl methyl sites for hydroxylation is 1. The first-order valence-corrected chi connectivity index (χ1v) is 5.91. The fourth-order valence-corrected chi connectivity index (χ4v) is 1.80. The second-order valence-electron chi connectivity index (χ2n) is 4.09. The van der Waals surface area contributed by atoms with Crippen molar-refractivity contribution in [2.75, 3.05) is 5.32 Å². The van der Waals surface area contributed by atoms with Crippen molar-refractivity contribution in [2.45, 2.75) is 13.5 Å². The van der Waals surface area contributed by atoms with Gasteiger partial charge >= 0.3 is 0 Å². The molecule has 3 heterocycles. The third kappa shape index (κ3) is 2.33. The molecule has 0 unspecified atom stereocenters. The Morgan fingerprint density at radius 1 is 1.37 bits per heavy atom.